The number of imidazole rings is 1. The molecule has 7 heteroatoms. The number of alkyl halides is 1. The summed E-state index contributed by atoms with van der Waals surface area (Å²) in [7, 11) is 0. The van der Waals surface area contributed by atoms with Crippen molar-refractivity contribution in [2.45, 2.75) is 24.9 Å². The third kappa shape index (κ3) is 1.99. The van der Waals surface area contributed by atoms with Gasteiger partial charge in [-0.2, -0.15) is 0 Å². The molecule has 3 rings (SSSR count). The molecular formula is C10H10Cl2N4O. The third-order valence-corrected chi connectivity index (χ3v) is 3.26. The molecule has 0 spiro atoms. The molecule has 1 atom stereocenters. The van der Waals surface area contributed by atoms with Crippen molar-refractivity contribution in [2.75, 3.05) is 6.61 Å². The Morgan fingerprint density at radius 2 is 2.29 bits per heavy atom. The number of fused-ring (bicyclic) bond motifs is 1. The lowest BCUT2D eigenvalue weighted by Crippen LogP contribution is -2.31. The molecule has 0 aliphatic carbocycles. The van der Waals surface area contributed by atoms with Crippen LogP contribution in [0.1, 0.15) is 12.2 Å². The van der Waals surface area contributed by atoms with E-state index in [4.69, 9.17) is 27.9 Å². The van der Waals surface area contributed by atoms with Crippen molar-refractivity contribution < 1.29 is 4.74 Å². The first-order chi connectivity index (χ1) is 8.28. The van der Waals surface area contributed by atoms with Gasteiger partial charge in [0, 0.05) is 12.7 Å². The van der Waals surface area contributed by atoms with Crippen LogP contribution >= 0.6 is 23.2 Å². The highest BCUT2D eigenvalue weighted by atomic mass is 35.5. The van der Waals surface area contributed by atoms with Gasteiger partial charge in [0.2, 0.25) is 0 Å². The monoisotopic (exact) mass is 272 g/mol. The molecule has 1 aliphatic heterocycles. The predicted molar refractivity (Wildman–Crippen MR) is 64.2 cm³/mol. The average Bonchev–Trinajstić information content (AvgIpc) is 2.60. The Morgan fingerprint density at radius 3 is 2.94 bits per heavy atom. The topological polar surface area (TPSA) is 52.8 Å². The lowest BCUT2D eigenvalue weighted by atomic mass is 10.2. The fourth-order valence-electron chi connectivity index (χ4n) is 1.87. The number of hydrogen-bond donors (Lipinski definition) is 0. The van der Waals surface area contributed by atoms with Gasteiger partial charge in [-0.25, -0.2) is 4.98 Å². The van der Waals surface area contributed by atoms with Gasteiger partial charge in [0.15, 0.2) is 10.8 Å². The van der Waals surface area contributed by atoms with Gasteiger partial charge in [-0.3, -0.25) is 0 Å². The molecule has 90 valence electrons. The molecule has 1 aliphatic rings. The highest BCUT2D eigenvalue weighted by Gasteiger charge is 2.22. The molecule has 0 unspecified atom stereocenters. The lowest BCUT2D eigenvalue weighted by Gasteiger charge is -2.27. The minimum Gasteiger partial charge on any atom is -0.376 e. The van der Waals surface area contributed by atoms with Crippen LogP contribution in [0.5, 0.6) is 0 Å². The maximum Gasteiger partial charge on any atom is 0.182 e. The maximum atomic E-state index is 5.88. The zero-order valence-corrected chi connectivity index (χ0v) is 10.4. The van der Waals surface area contributed by atoms with E-state index in [9.17, 15) is 0 Å². The van der Waals surface area contributed by atoms with E-state index in [0.29, 0.717) is 16.7 Å². The van der Waals surface area contributed by atoms with E-state index in [-0.39, 0.29) is 6.10 Å². The fourth-order valence-corrected chi connectivity index (χ4v) is 2.22. The SMILES string of the molecule is ClCc1nc2cc(Cl)nnc2n1C[C@@H]1CCO1. The molecule has 0 saturated carbocycles. The molecular weight excluding hydrogens is 263 g/mol. The predicted octanol–water partition coefficient (Wildman–Crippen LogP) is 2.01. The molecule has 17 heavy (non-hydrogen) atoms. The molecule has 5 nitrogen and oxygen atoms in total. The molecule has 0 aromatic carbocycles. The first-order valence-corrected chi connectivity index (χ1v) is 6.25. The van der Waals surface area contributed by atoms with Gasteiger partial charge in [-0.05, 0) is 6.42 Å². The van der Waals surface area contributed by atoms with Crippen LogP contribution in [-0.4, -0.2) is 32.5 Å². The summed E-state index contributed by atoms with van der Waals surface area (Å²) >= 11 is 11.7. The number of ether oxygens (including phenoxy) is 1. The van der Waals surface area contributed by atoms with Gasteiger partial charge in [0.1, 0.15) is 11.3 Å². The highest BCUT2D eigenvalue weighted by molar-refractivity contribution is 6.29. The molecule has 0 bridgehead atoms. The van der Waals surface area contributed by atoms with Crippen molar-refractivity contribution in [3.8, 4) is 0 Å². The van der Waals surface area contributed by atoms with Crippen molar-refractivity contribution in [2.24, 2.45) is 0 Å². The third-order valence-electron chi connectivity index (χ3n) is 2.84. The van der Waals surface area contributed by atoms with Crippen LogP contribution in [0.3, 0.4) is 0 Å². The summed E-state index contributed by atoms with van der Waals surface area (Å²) in [6, 6.07) is 1.69. The molecule has 2 aromatic heterocycles. The summed E-state index contributed by atoms with van der Waals surface area (Å²) in [6.45, 7) is 1.54. The molecule has 2 aromatic rings. The van der Waals surface area contributed by atoms with E-state index in [1.165, 1.54) is 0 Å². The Labute approximate surface area is 108 Å². The lowest BCUT2D eigenvalue weighted by molar-refractivity contribution is -0.0590. The maximum absolute atomic E-state index is 5.88. The van der Waals surface area contributed by atoms with Crippen LogP contribution < -0.4 is 0 Å². The van der Waals surface area contributed by atoms with Crippen molar-refractivity contribution >= 4 is 34.4 Å². The van der Waals surface area contributed by atoms with Gasteiger partial charge >= 0.3 is 0 Å². The van der Waals surface area contributed by atoms with E-state index < -0.39 is 0 Å². The highest BCUT2D eigenvalue weighted by Crippen LogP contribution is 2.21. The van der Waals surface area contributed by atoms with Crippen molar-refractivity contribution in [1.82, 2.24) is 19.7 Å². The molecule has 1 saturated heterocycles. The smallest absolute Gasteiger partial charge is 0.182 e. The first-order valence-electron chi connectivity index (χ1n) is 5.34. The summed E-state index contributed by atoms with van der Waals surface area (Å²) in [5.74, 6) is 1.11. The minimum atomic E-state index is 0.229. The number of rotatable bonds is 3. The van der Waals surface area contributed by atoms with E-state index >= 15 is 0 Å². The van der Waals surface area contributed by atoms with Crippen LogP contribution in [-0.2, 0) is 17.2 Å². The zero-order valence-electron chi connectivity index (χ0n) is 8.94. The van der Waals surface area contributed by atoms with Crippen molar-refractivity contribution in [3.05, 3.63) is 17.0 Å². The minimum absolute atomic E-state index is 0.229. The second-order valence-corrected chi connectivity index (χ2v) is 4.58. The number of halogens is 2. The summed E-state index contributed by atoms with van der Waals surface area (Å²) in [4.78, 5) is 4.39. The first kappa shape index (κ1) is 11.2. The van der Waals surface area contributed by atoms with Crippen molar-refractivity contribution in [3.63, 3.8) is 0 Å². The Bertz CT molecular complexity index is 552. The van der Waals surface area contributed by atoms with E-state index in [2.05, 4.69) is 15.2 Å². The van der Waals surface area contributed by atoms with Gasteiger partial charge < -0.3 is 9.30 Å². The second kappa shape index (κ2) is 4.40. The average molecular weight is 273 g/mol. The van der Waals surface area contributed by atoms with Crippen LogP contribution in [0.25, 0.3) is 11.2 Å². The van der Waals surface area contributed by atoms with E-state index in [1.807, 2.05) is 4.57 Å². The largest absolute Gasteiger partial charge is 0.376 e. The molecule has 0 N–H and O–H groups in total. The van der Waals surface area contributed by atoms with Gasteiger partial charge in [0.05, 0.1) is 18.5 Å². The molecule has 1 fully saturated rings. The standard InChI is InChI=1S/C10H10Cl2N4O/c11-4-9-13-7-3-8(12)14-15-10(7)16(9)5-6-1-2-17-6/h3,6H,1-2,4-5H2/t6-/m0/s1. The Morgan fingerprint density at radius 1 is 1.47 bits per heavy atom. The summed E-state index contributed by atoms with van der Waals surface area (Å²) in [6.07, 6.45) is 1.29. The van der Waals surface area contributed by atoms with E-state index in [1.54, 1.807) is 6.07 Å². The second-order valence-electron chi connectivity index (χ2n) is 3.93. The summed E-state index contributed by atoms with van der Waals surface area (Å²) < 4.78 is 7.36. The molecule has 3 heterocycles. The summed E-state index contributed by atoms with van der Waals surface area (Å²) in [5, 5.41) is 8.24. The quantitative estimate of drug-likeness (QED) is 0.803. The van der Waals surface area contributed by atoms with Crippen LogP contribution in [0.4, 0.5) is 0 Å². The zero-order chi connectivity index (χ0) is 11.8. The normalized spacial score (nSPS) is 19.5. The van der Waals surface area contributed by atoms with Crippen LogP contribution in [0.2, 0.25) is 5.15 Å². The number of hydrogen-bond acceptors (Lipinski definition) is 4. The van der Waals surface area contributed by atoms with E-state index in [0.717, 1.165) is 30.9 Å². The Hall–Kier alpha value is -0.910. The van der Waals surface area contributed by atoms with Crippen LogP contribution in [0.15, 0.2) is 6.07 Å². The summed E-state index contributed by atoms with van der Waals surface area (Å²) in [5.41, 5.74) is 1.43. The molecule has 0 amide bonds. The Kier molecular flexibility index (Phi) is 2.90. The number of aromatic nitrogens is 4. The van der Waals surface area contributed by atoms with Gasteiger partial charge in [-0.1, -0.05) is 11.6 Å². The van der Waals surface area contributed by atoms with Gasteiger partial charge in [-0.15, -0.1) is 21.8 Å². The number of nitrogens with zero attached hydrogens (tertiary/aromatic N) is 4. The van der Waals surface area contributed by atoms with Gasteiger partial charge in [0.25, 0.3) is 0 Å². The Balaban J connectivity index is 2.05. The van der Waals surface area contributed by atoms with Crippen LogP contribution in [0, 0.1) is 0 Å². The van der Waals surface area contributed by atoms with Crippen molar-refractivity contribution in [1.29, 1.82) is 0 Å². The molecule has 0 radical (unpaired) electrons. The fraction of sp³-hybridized carbons (Fsp3) is 0.500.